The van der Waals surface area contributed by atoms with Crippen molar-refractivity contribution in [2.45, 2.75) is 24.9 Å². The smallest absolute Gasteiger partial charge is 0.416 e. The molecule has 0 heterocycles. The summed E-state index contributed by atoms with van der Waals surface area (Å²) in [4.78, 5) is 25.4. The third-order valence-electron chi connectivity index (χ3n) is 3.62. The van der Waals surface area contributed by atoms with Gasteiger partial charge in [-0.25, -0.2) is 0 Å². The molecule has 0 aliphatic carbocycles. The maximum absolute atomic E-state index is 12.5. The number of alkyl halides is 3. The number of hydrogen-bond acceptors (Lipinski definition) is 6. The predicted molar refractivity (Wildman–Crippen MR) is 107 cm³/mol. The highest BCUT2D eigenvalue weighted by atomic mass is 32.2. The third kappa shape index (κ3) is 10.1. The van der Waals surface area contributed by atoms with Crippen molar-refractivity contribution in [3.63, 3.8) is 0 Å². The topological polar surface area (TPSA) is 69.7 Å². The van der Waals surface area contributed by atoms with E-state index in [1.54, 1.807) is 18.9 Å². The quantitative estimate of drug-likeness (QED) is 0.556. The molecule has 0 radical (unpaired) electrons. The molecule has 0 spiro atoms. The zero-order chi connectivity index (χ0) is 23.2. The molecule has 1 atom stereocenters. The van der Waals surface area contributed by atoms with Gasteiger partial charge in [0.05, 0.1) is 19.3 Å². The first kappa shape index (κ1) is 27.2. The molecule has 2 aromatic rings. The maximum atomic E-state index is 12.5. The minimum Gasteiger partial charge on any atom is -0.496 e. The summed E-state index contributed by atoms with van der Waals surface area (Å²) in [6.07, 6.45) is -4.07. The van der Waals surface area contributed by atoms with E-state index in [0.717, 1.165) is 34.1 Å². The van der Waals surface area contributed by atoms with Gasteiger partial charge >= 0.3 is 12.3 Å². The minimum atomic E-state index is -4.32. The fourth-order valence-electron chi connectivity index (χ4n) is 2.21. The molecule has 164 valence electrons. The summed E-state index contributed by atoms with van der Waals surface area (Å²) in [5.41, 5.74) is 0.416. The molecule has 0 saturated carbocycles. The van der Waals surface area contributed by atoms with E-state index in [9.17, 15) is 13.2 Å². The first-order valence-electron chi connectivity index (χ1n) is 8.57. The maximum Gasteiger partial charge on any atom is 0.416 e. The van der Waals surface area contributed by atoms with E-state index in [2.05, 4.69) is 6.07 Å². The average molecular weight is 444 g/mol. The second kappa shape index (κ2) is 14.3. The Morgan fingerprint density at radius 1 is 1.10 bits per heavy atom. The van der Waals surface area contributed by atoms with E-state index in [0.29, 0.717) is 12.4 Å². The highest BCUT2D eigenvalue weighted by Crippen LogP contribution is 2.30. The lowest BCUT2D eigenvalue weighted by molar-refractivity contribution is -0.191. The normalized spacial score (nSPS) is 11.0. The lowest BCUT2D eigenvalue weighted by Gasteiger charge is -2.14. The standard InChI is InChI=1S/C19H21F3O2S.CO2.CH2O/c1-13(12-25-17-8-9-18(23-3)14(2)10-17)11-24-16-6-4-15(5-7-16)19(20,21)22;2-1-3;1-2/h4-10,13H,11-12H2,1-3H3;;1H2/t13-;;/m1../s1. The highest BCUT2D eigenvalue weighted by molar-refractivity contribution is 7.99. The Bertz CT molecular complexity index is 788. The third-order valence-corrected chi connectivity index (χ3v) is 4.94. The molecular weight excluding hydrogens is 421 g/mol. The van der Waals surface area contributed by atoms with E-state index in [1.165, 1.54) is 12.1 Å². The molecule has 2 rings (SSSR count). The van der Waals surface area contributed by atoms with Crippen molar-refractivity contribution in [1.82, 2.24) is 0 Å². The van der Waals surface area contributed by atoms with Gasteiger partial charge in [0.2, 0.25) is 0 Å². The predicted octanol–water partition coefficient (Wildman–Crippen LogP) is 5.06. The van der Waals surface area contributed by atoms with Crippen molar-refractivity contribution in [3.05, 3.63) is 53.6 Å². The zero-order valence-electron chi connectivity index (χ0n) is 16.8. The summed E-state index contributed by atoms with van der Waals surface area (Å²) in [6.45, 7) is 6.50. The molecule has 0 aliphatic rings. The van der Waals surface area contributed by atoms with Crippen LogP contribution in [0.2, 0.25) is 0 Å². The van der Waals surface area contributed by atoms with Crippen LogP contribution in [0.5, 0.6) is 11.5 Å². The Labute approximate surface area is 177 Å². The number of hydrogen-bond donors (Lipinski definition) is 0. The van der Waals surface area contributed by atoms with Crippen LogP contribution in [0, 0.1) is 12.8 Å². The number of thioether (sulfide) groups is 1. The fraction of sp³-hybridized carbons (Fsp3) is 0.333. The van der Waals surface area contributed by atoms with Crippen LogP contribution in [0.3, 0.4) is 0 Å². The summed E-state index contributed by atoms with van der Waals surface area (Å²) in [6, 6.07) is 10.8. The molecule has 0 unspecified atom stereocenters. The Balaban J connectivity index is 0.00000154. The van der Waals surface area contributed by atoms with Crippen molar-refractivity contribution in [3.8, 4) is 11.5 Å². The van der Waals surface area contributed by atoms with E-state index < -0.39 is 11.7 Å². The fourth-order valence-corrected chi connectivity index (χ4v) is 3.20. The van der Waals surface area contributed by atoms with Gasteiger partial charge in [0.15, 0.2) is 0 Å². The number of carbonyl (C=O) groups is 1. The number of aryl methyl sites for hydroxylation is 1. The van der Waals surface area contributed by atoms with Gasteiger partial charge < -0.3 is 14.3 Å². The Morgan fingerprint density at radius 3 is 2.13 bits per heavy atom. The van der Waals surface area contributed by atoms with Gasteiger partial charge in [-0.15, -0.1) is 11.8 Å². The molecule has 9 heteroatoms. The summed E-state index contributed by atoms with van der Waals surface area (Å²) in [7, 11) is 1.65. The van der Waals surface area contributed by atoms with Gasteiger partial charge in [-0.05, 0) is 60.9 Å². The first-order chi connectivity index (χ1) is 14.2. The minimum absolute atomic E-state index is 0.250. The van der Waals surface area contributed by atoms with E-state index in [-0.39, 0.29) is 12.1 Å². The largest absolute Gasteiger partial charge is 0.496 e. The van der Waals surface area contributed by atoms with Crippen molar-refractivity contribution < 1.29 is 37.0 Å². The van der Waals surface area contributed by atoms with E-state index >= 15 is 0 Å². The number of benzene rings is 2. The molecule has 0 fully saturated rings. The van der Waals surface area contributed by atoms with Crippen molar-refractivity contribution in [1.29, 1.82) is 0 Å². The number of rotatable bonds is 7. The monoisotopic (exact) mass is 444 g/mol. The average Bonchev–Trinajstić information content (AvgIpc) is 2.72. The number of halogens is 3. The SMILES string of the molecule is C=O.COc1ccc(SC[C@H](C)COc2ccc(C(F)(F)F)cc2)cc1C.O=C=O. The van der Waals surface area contributed by atoms with Crippen LogP contribution < -0.4 is 9.47 Å². The second-order valence-electron chi connectivity index (χ2n) is 5.96. The van der Waals surface area contributed by atoms with Gasteiger partial charge in [-0.3, -0.25) is 0 Å². The Hall–Kier alpha value is -2.77. The van der Waals surface area contributed by atoms with Crippen LogP contribution in [0.15, 0.2) is 47.4 Å². The van der Waals surface area contributed by atoms with Crippen LogP contribution in [0.4, 0.5) is 13.2 Å². The number of carbonyl (C=O) groups excluding carboxylic acids is 3. The molecule has 0 amide bonds. The van der Waals surface area contributed by atoms with Crippen molar-refractivity contribution in [2.24, 2.45) is 5.92 Å². The molecule has 5 nitrogen and oxygen atoms in total. The lowest BCUT2D eigenvalue weighted by atomic mass is 10.2. The molecular formula is C21H23F3O5S. The summed E-state index contributed by atoms with van der Waals surface area (Å²) in [5.74, 6) is 2.43. The molecule has 0 aromatic heterocycles. The van der Waals surface area contributed by atoms with Crippen LogP contribution in [0.1, 0.15) is 18.1 Å². The first-order valence-corrected chi connectivity index (χ1v) is 9.55. The van der Waals surface area contributed by atoms with Gasteiger partial charge in [-0.2, -0.15) is 22.8 Å². The highest BCUT2D eigenvalue weighted by Gasteiger charge is 2.30. The molecule has 0 saturated heterocycles. The van der Waals surface area contributed by atoms with Crippen LogP contribution >= 0.6 is 11.8 Å². The molecule has 2 aromatic carbocycles. The second-order valence-corrected chi connectivity index (χ2v) is 7.06. The van der Waals surface area contributed by atoms with E-state index in [1.807, 2.05) is 32.8 Å². The van der Waals surface area contributed by atoms with Crippen molar-refractivity contribution in [2.75, 3.05) is 19.5 Å². The van der Waals surface area contributed by atoms with Gasteiger partial charge in [-0.1, -0.05) is 6.92 Å². The summed E-state index contributed by atoms with van der Waals surface area (Å²) < 4.78 is 48.4. The van der Waals surface area contributed by atoms with E-state index in [4.69, 9.17) is 23.9 Å². The number of ether oxygens (including phenoxy) is 2. The molecule has 0 aliphatic heterocycles. The zero-order valence-corrected chi connectivity index (χ0v) is 17.6. The summed E-state index contributed by atoms with van der Waals surface area (Å²) >= 11 is 1.72. The molecule has 30 heavy (non-hydrogen) atoms. The van der Waals surface area contributed by atoms with Crippen LogP contribution in [-0.2, 0) is 20.6 Å². The Morgan fingerprint density at radius 2 is 1.67 bits per heavy atom. The van der Waals surface area contributed by atoms with Gasteiger partial charge in [0, 0.05) is 10.6 Å². The van der Waals surface area contributed by atoms with Gasteiger partial charge in [0.25, 0.3) is 0 Å². The van der Waals surface area contributed by atoms with Crippen LogP contribution in [-0.4, -0.2) is 32.4 Å². The van der Waals surface area contributed by atoms with Crippen molar-refractivity contribution >= 4 is 24.7 Å². The summed E-state index contributed by atoms with van der Waals surface area (Å²) in [5, 5.41) is 0. The van der Waals surface area contributed by atoms with Gasteiger partial charge in [0.1, 0.15) is 18.3 Å². The molecule has 0 N–H and O–H groups in total. The number of methoxy groups -OCH3 is 1. The Kier molecular flexibility index (Phi) is 12.9. The molecule has 0 bridgehead atoms. The van der Waals surface area contributed by atoms with Crippen LogP contribution in [0.25, 0.3) is 0 Å². The lowest BCUT2D eigenvalue weighted by Crippen LogP contribution is -2.11.